The van der Waals surface area contributed by atoms with E-state index in [0.717, 1.165) is 13.0 Å². The molecule has 0 heterocycles. The molecule has 1 aliphatic rings. The molecule has 0 aromatic rings. The standard InChI is InChI=1S/C12H22N2O/c1-12(2,6-3-7-13)9-14-8-11(15)10-4-5-10/h10-11,14-15H,3-6,8-9H2,1-2H3. The summed E-state index contributed by atoms with van der Waals surface area (Å²) in [4.78, 5) is 0. The van der Waals surface area contributed by atoms with Crippen molar-refractivity contribution in [2.24, 2.45) is 11.3 Å². The van der Waals surface area contributed by atoms with Crippen molar-refractivity contribution < 1.29 is 5.11 Å². The van der Waals surface area contributed by atoms with E-state index >= 15 is 0 Å². The molecule has 0 amide bonds. The maximum atomic E-state index is 9.65. The number of nitrogens with one attached hydrogen (secondary N) is 1. The highest BCUT2D eigenvalue weighted by molar-refractivity contribution is 4.83. The van der Waals surface area contributed by atoms with Crippen molar-refractivity contribution in [3.63, 3.8) is 0 Å². The third-order valence-corrected chi connectivity index (χ3v) is 3.04. The fraction of sp³-hybridized carbons (Fsp3) is 0.917. The van der Waals surface area contributed by atoms with Crippen molar-refractivity contribution in [2.75, 3.05) is 13.1 Å². The summed E-state index contributed by atoms with van der Waals surface area (Å²) < 4.78 is 0. The van der Waals surface area contributed by atoms with Gasteiger partial charge in [-0.25, -0.2) is 0 Å². The SMILES string of the molecule is CC(C)(CCC#N)CNCC(O)C1CC1. The van der Waals surface area contributed by atoms with Gasteiger partial charge in [-0.2, -0.15) is 5.26 Å². The van der Waals surface area contributed by atoms with E-state index in [1.54, 1.807) is 0 Å². The molecule has 1 aliphatic carbocycles. The van der Waals surface area contributed by atoms with E-state index in [1.165, 1.54) is 12.8 Å². The molecule has 0 aliphatic heterocycles. The zero-order valence-corrected chi connectivity index (χ0v) is 9.79. The van der Waals surface area contributed by atoms with Crippen LogP contribution in [0.3, 0.4) is 0 Å². The predicted molar refractivity (Wildman–Crippen MR) is 60.2 cm³/mol. The minimum Gasteiger partial charge on any atom is -0.392 e. The summed E-state index contributed by atoms with van der Waals surface area (Å²) in [7, 11) is 0. The van der Waals surface area contributed by atoms with Gasteiger partial charge in [0.15, 0.2) is 0 Å². The maximum absolute atomic E-state index is 9.65. The monoisotopic (exact) mass is 210 g/mol. The van der Waals surface area contributed by atoms with Gasteiger partial charge in [-0.15, -0.1) is 0 Å². The van der Waals surface area contributed by atoms with Gasteiger partial charge in [0.25, 0.3) is 0 Å². The highest BCUT2D eigenvalue weighted by Crippen LogP contribution is 2.32. The van der Waals surface area contributed by atoms with E-state index in [1.807, 2.05) is 0 Å². The van der Waals surface area contributed by atoms with Gasteiger partial charge in [0.2, 0.25) is 0 Å². The highest BCUT2D eigenvalue weighted by atomic mass is 16.3. The summed E-state index contributed by atoms with van der Waals surface area (Å²) in [5.41, 5.74) is 0.152. The Labute approximate surface area is 92.5 Å². The summed E-state index contributed by atoms with van der Waals surface area (Å²) in [5.74, 6) is 0.541. The van der Waals surface area contributed by atoms with Gasteiger partial charge in [-0.05, 0) is 30.6 Å². The van der Waals surface area contributed by atoms with Crippen LogP contribution in [0.25, 0.3) is 0 Å². The van der Waals surface area contributed by atoms with E-state index in [4.69, 9.17) is 5.26 Å². The molecule has 3 nitrogen and oxygen atoms in total. The molecule has 3 heteroatoms. The number of hydrogen-bond donors (Lipinski definition) is 2. The summed E-state index contributed by atoms with van der Waals surface area (Å²) in [6.07, 6.45) is 3.72. The van der Waals surface area contributed by atoms with Crippen LogP contribution in [0.15, 0.2) is 0 Å². The maximum Gasteiger partial charge on any atom is 0.0692 e. The quantitative estimate of drug-likeness (QED) is 0.672. The van der Waals surface area contributed by atoms with Crippen LogP contribution in [-0.2, 0) is 0 Å². The van der Waals surface area contributed by atoms with E-state index in [9.17, 15) is 5.11 Å². The van der Waals surface area contributed by atoms with Crippen molar-refractivity contribution in [1.82, 2.24) is 5.32 Å². The molecule has 86 valence electrons. The Bertz CT molecular complexity index is 228. The number of aliphatic hydroxyl groups is 1. The normalized spacial score (nSPS) is 18.5. The Hall–Kier alpha value is -0.590. The average molecular weight is 210 g/mol. The molecule has 1 fully saturated rings. The first-order valence-corrected chi connectivity index (χ1v) is 5.81. The largest absolute Gasteiger partial charge is 0.392 e. The fourth-order valence-electron chi connectivity index (χ4n) is 1.69. The van der Waals surface area contributed by atoms with Crippen molar-refractivity contribution in [3.8, 4) is 6.07 Å². The first-order valence-electron chi connectivity index (χ1n) is 5.81. The molecular formula is C12H22N2O. The summed E-state index contributed by atoms with van der Waals surface area (Å²) in [6.45, 7) is 5.88. The Balaban J connectivity index is 2.09. The summed E-state index contributed by atoms with van der Waals surface area (Å²) >= 11 is 0. The number of rotatable bonds is 7. The second-order valence-corrected chi connectivity index (χ2v) is 5.36. The Morgan fingerprint density at radius 3 is 2.73 bits per heavy atom. The number of nitriles is 1. The lowest BCUT2D eigenvalue weighted by Crippen LogP contribution is -2.35. The van der Waals surface area contributed by atoms with Crippen molar-refractivity contribution in [2.45, 2.75) is 45.6 Å². The third kappa shape index (κ3) is 5.15. The zero-order valence-electron chi connectivity index (χ0n) is 9.79. The topological polar surface area (TPSA) is 56.0 Å². The van der Waals surface area contributed by atoms with Gasteiger partial charge in [0, 0.05) is 19.5 Å². The van der Waals surface area contributed by atoms with Crippen LogP contribution in [0, 0.1) is 22.7 Å². The Morgan fingerprint density at radius 2 is 2.20 bits per heavy atom. The molecule has 0 aromatic heterocycles. The van der Waals surface area contributed by atoms with Crippen LogP contribution in [0.1, 0.15) is 39.5 Å². The van der Waals surface area contributed by atoms with Crippen LogP contribution in [0.5, 0.6) is 0 Å². The van der Waals surface area contributed by atoms with Crippen LogP contribution < -0.4 is 5.32 Å². The van der Waals surface area contributed by atoms with Crippen LogP contribution >= 0.6 is 0 Å². The molecule has 0 bridgehead atoms. The zero-order chi connectivity index (χ0) is 11.3. The lowest BCUT2D eigenvalue weighted by atomic mass is 9.88. The molecule has 1 atom stereocenters. The number of aliphatic hydroxyl groups excluding tert-OH is 1. The smallest absolute Gasteiger partial charge is 0.0692 e. The number of nitrogens with zero attached hydrogens (tertiary/aromatic N) is 1. The molecule has 1 rings (SSSR count). The Morgan fingerprint density at radius 1 is 1.53 bits per heavy atom. The molecular weight excluding hydrogens is 188 g/mol. The van der Waals surface area contributed by atoms with Crippen LogP contribution in [0.4, 0.5) is 0 Å². The summed E-state index contributed by atoms with van der Waals surface area (Å²) in [6, 6.07) is 2.17. The lowest BCUT2D eigenvalue weighted by molar-refractivity contribution is 0.143. The molecule has 0 saturated heterocycles. The van der Waals surface area contributed by atoms with Gasteiger partial charge in [-0.3, -0.25) is 0 Å². The molecule has 0 spiro atoms. The van der Waals surface area contributed by atoms with Gasteiger partial charge in [0.05, 0.1) is 12.2 Å². The minimum atomic E-state index is -0.170. The van der Waals surface area contributed by atoms with Crippen molar-refractivity contribution >= 4 is 0 Å². The summed E-state index contributed by atoms with van der Waals surface area (Å²) in [5, 5.41) is 21.5. The number of hydrogen-bond acceptors (Lipinski definition) is 3. The van der Waals surface area contributed by atoms with Gasteiger partial charge in [0.1, 0.15) is 0 Å². The van der Waals surface area contributed by atoms with Crippen molar-refractivity contribution in [1.29, 1.82) is 5.26 Å². The van der Waals surface area contributed by atoms with Crippen LogP contribution in [0.2, 0.25) is 0 Å². The molecule has 15 heavy (non-hydrogen) atoms. The first-order chi connectivity index (χ1) is 7.05. The molecule has 2 N–H and O–H groups in total. The van der Waals surface area contributed by atoms with E-state index in [-0.39, 0.29) is 11.5 Å². The van der Waals surface area contributed by atoms with Gasteiger partial charge in [-0.1, -0.05) is 13.8 Å². The minimum absolute atomic E-state index is 0.152. The van der Waals surface area contributed by atoms with Gasteiger partial charge >= 0.3 is 0 Å². The van der Waals surface area contributed by atoms with Gasteiger partial charge < -0.3 is 10.4 Å². The molecule has 1 saturated carbocycles. The van der Waals surface area contributed by atoms with Crippen LogP contribution in [-0.4, -0.2) is 24.3 Å². The molecule has 0 aromatic carbocycles. The first kappa shape index (κ1) is 12.5. The second-order valence-electron chi connectivity index (χ2n) is 5.36. The highest BCUT2D eigenvalue weighted by Gasteiger charge is 2.29. The predicted octanol–water partition coefficient (Wildman–Crippen LogP) is 1.68. The van der Waals surface area contributed by atoms with E-state index in [2.05, 4.69) is 25.2 Å². The Kier molecular flexibility index (Phi) is 4.56. The van der Waals surface area contributed by atoms with E-state index < -0.39 is 0 Å². The third-order valence-electron chi connectivity index (χ3n) is 3.04. The molecule has 1 unspecified atom stereocenters. The molecule has 0 radical (unpaired) electrons. The van der Waals surface area contributed by atoms with Crippen molar-refractivity contribution in [3.05, 3.63) is 0 Å². The second kappa shape index (κ2) is 5.48. The van der Waals surface area contributed by atoms with E-state index in [0.29, 0.717) is 18.9 Å². The average Bonchev–Trinajstić information content (AvgIpc) is 2.97. The fourth-order valence-corrected chi connectivity index (χ4v) is 1.69. The lowest BCUT2D eigenvalue weighted by Gasteiger charge is -2.24.